The van der Waals surface area contributed by atoms with Gasteiger partial charge in [0, 0.05) is 4.91 Å². The highest BCUT2D eigenvalue weighted by Crippen LogP contribution is 2.14. The molecular weight excluding hydrogens is 184 g/mol. The lowest BCUT2D eigenvalue weighted by Crippen LogP contribution is -2.30. The van der Waals surface area contributed by atoms with Crippen molar-refractivity contribution in [2.24, 2.45) is 16.8 Å². The summed E-state index contributed by atoms with van der Waals surface area (Å²) >= 11 is 0. The molecule has 14 heavy (non-hydrogen) atoms. The number of hydrogen-bond acceptors (Lipinski definition) is 3. The van der Waals surface area contributed by atoms with Crippen molar-refractivity contribution in [1.29, 1.82) is 0 Å². The Morgan fingerprint density at radius 3 is 2.57 bits per heavy atom. The number of hydrogen-bond donors (Lipinski definition) is 2. The minimum Gasteiger partial charge on any atom is -0.392 e. The van der Waals surface area contributed by atoms with Crippen LogP contribution in [0.4, 0.5) is 0 Å². The monoisotopic (exact) mass is 200 g/mol. The summed E-state index contributed by atoms with van der Waals surface area (Å²) < 4.78 is 0. The molecule has 1 amide bonds. The molecule has 0 aromatic rings. The third-order valence-corrected chi connectivity index (χ3v) is 1.77. The van der Waals surface area contributed by atoms with E-state index in [2.05, 4.69) is 10.0 Å². The maximum Gasteiger partial charge on any atom is 0.220 e. The van der Waals surface area contributed by atoms with Gasteiger partial charge >= 0.3 is 0 Å². The minimum atomic E-state index is -0.981. The first-order valence-corrected chi connectivity index (χ1v) is 4.48. The molecule has 2 atom stereocenters. The van der Waals surface area contributed by atoms with Gasteiger partial charge in [0.25, 0.3) is 0 Å². The van der Waals surface area contributed by atoms with Gasteiger partial charge in [-0.2, -0.15) is 0 Å². The molecular formula is C8H16N4O2. The smallest absolute Gasteiger partial charge is 0.220 e. The van der Waals surface area contributed by atoms with E-state index in [0.29, 0.717) is 6.42 Å². The van der Waals surface area contributed by atoms with Crippen LogP contribution in [0.15, 0.2) is 5.11 Å². The topological polar surface area (TPSA) is 112 Å². The lowest BCUT2D eigenvalue weighted by atomic mass is 9.98. The first-order chi connectivity index (χ1) is 6.47. The van der Waals surface area contributed by atoms with Crippen LogP contribution in [-0.4, -0.2) is 23.2 Å². The molecule has 80 valence electrons. The Labute approximate surface area is 82.7 Å². The van der Waals surface area contributed by atoms with Gasteiger partial charge in [-0.1, -0.05) is 19.0 Å². The maximum absolute atomic E-state index is 10.5. The summed E-state index contributed by atoms with van der Waals surface area (Å²) in [7, 11) is 0. The molecule has 6 heteroatoms. The van der Waals surface area contributed by atoms with Crippen molar-refractivity contribution in [3.63, 3.8) is 0 Å². The predicted octanol–water partition coefficient (Wildman–Crippen LogP) is 0.948. The van der Waals surface area contributed by atoms with Crippen molar-refractivity contribution in [2.45, 2.75) is 38.8 Å². The Morgan fingerprint density at radius 1 is 1.64 bits per heavy atom. The van der Waals surface area contributed by atoms with Crippen LogP contribution in [0.25, 0.3) is 10.4 Å². The van der Waals surface area contributed by atoms with E-state index < -0.39 is 18.1 Å². The summed E-state index contributed by atoms with van der Waals surface area (Å²) in [5.74, 6) is -0.313. The summed E-state index contributed by atoms with van der Waals surface area (Å²) in [6.07, 6.45) is -0.611. The molecule has 0 heterocycles. The average molecular weight is 200 g/mol. The molecule has 3 N–H and O–H groups in total. The largest absolute Gasteiger partial charge is 0.392 e. The third-order valence-electron chi connectivity index (χ3n) is 1.77. The molecule has 0 saturated carbocycles. The number of aliphatic hydroxyl groups is 1. The van der Waals surface area contributed by atoms with Gasteiger partial charge in [-0.3, -0.25) is 4.79 Å². The van der Waals surface area contributed by atoms with E-state index >= 15 is 0 Å². The van der Waals surface area contributed by atoms with Crippen molar-refractivity contribution < 1.29 is 9.90 Å². The highest BCUT2D eigenvalue weighted by atomic mass is 16.3. The highest BCUT2D eigenvalue weighted by Gasteiger charge is 2.20. The van der Waals surface area contributed by atoms with Gasteiger partial charge in [0.2, 0.25) is 5.91 Å². The molecule has 6 nitrogen and oxygen atoms in total. The van der Waals surface area contributed by atoms with Gasteiger partial charge in [-0.15, -0.1) is 0 Å². The van der Waals surface area contributed by atoms with E-state index in [-0.39, 0.29) is 12.3 Å². The number of azide groups is 1. The fourth-order valence-electron chi connectivity index (χ4n) is 1.17. The van der Waals surface area contributed by atoms with Crippen LogP contribution in [0.1, 0.15) is 26.7 Å². The molecule has 0 bridgehead atoms. The van der Waals surface area contributed by atoms with E-state index in [0.717, 1.165) is 0 Å². The number of primary amides is 1. The van der Waals surface area contributed by atoms with Crippen molar-refractivity contribution in [3.8, 4) is 0 Å². The Kier molecular flexibility index (Phi) is 5.67. The summed E-state index contributed by atoms with van der Waals surface area (Å²) in [4.78, 5) is 13.2. The summed E-state index contributed by atoms with van der Waals surface area (Å²) in [5, 5.41) is 12.9. The molecule has 0 aliphatic carbocycles. The van der Waals surface area contributed by atoms with E-state index in [1.807, 2.05) is 13.8 Å². The lowest BCUT2D eigenvalue weighted by molar-refractivity contribution is -0.120. The van der Waals surface area contributed by atoms with E-state index in [4.69, 9.17) is 11.3 Å². The number of carbonyl (C=O) groups excluding carboxylic acids is 1. The van der Waals surface area contributed by atoms with Gasteiger partial charge in [0.05, 0.1) is 18.6 Å². The lowest BCUT2D eigenvalue weighted by Gasteiger charge is -2.18. The van der Waals surface area contributed by atoms with Gasteiger partial charge in [0.1, 0.15) is 0 Å². The minimum absolute atomic E-state index is 0.170. The molecule has 0 aliphatic heterocycles. The normalized spacial score (nSPS) is 14.6. The summed E-state index contributed by atoms with van der Waals surface area (Å²) in [5.41, 5.74) is 13.2. The van der Waals surface area contributed by atoms with Gasteiger partial charge in [-0.05, 0) is 17.9 Å². The molecule has 0 radical (unpaired) electrons. The van der Waals surface area contributed by atoms with Crippen molar-refractivity contribution in [1.82, 2.24) is 0 Å². The van der Waals surface area contributed by atoms with Crippen LogP contribution in [0.3, 0.4) is 0 Å². The second-order valence-corrected chi connectivity index (χ2v) is 3.64. The number of amides is 1. The van der Waals surface area contributed by atoms with Crippen LogP contribution in [0.2, 0.25) is 0 Å². The van der Waals surface area contributed by atoms with Crippen LogP contribution in [0, 0.1) is 5.92 Å². The van der Waals surface area contributed by atoms with Gasteiger partial charge < -0.3 is 10.8 Å². The second kappa shape index (κ2) is 6.23. The Morgan fingerprint density at radius 2 is 2.21 bits per heavy atom. The van der Waals surface area contributed by atoms with Gasteiger partial charge in [-0.25, -0.2) is 0 Å². The maximum atomic E-state index is 10.5. The Hall–Kier alpha value is -1.26. The number of nitrogens with zero attached hydrogens (tertiary/aromatic N) is 3. The molecule has 0 aromatic carbocycles. The second-order valence-electron chi connectivity index (χ2n) is 3.64. The fraction of sp³-hybridized carbons (Fsp3) is 0.875. The average Bonchev–Trinajstić information content (AvgIpc) is 2.01. The quantitative estimate of drug-likeness (QED) is 0.377. The molecule has 0 rings (SSSR count). The number of rotatable bonds is 6. The zero-order chi connectivity index (χ0) is 11.1. The number of aliphatic hydroxyl groups excluding tert-OH is 1. The van der Waals surface area contributed by atoms with Crippen LogP contribution >= 0.6 is 0 Å². The molecule has 0 aromatic heterocycles. The predicted molar refractivity (Wildman–Crippen MR) is 52.2 cm³/mol. The van der Waals surface area contributed by atoms with E-state index in [9.17, 15) is 9.90 Å². The third kappa shape index (κ3) is 5.40. The molecule has 0 fully saturated rings. The van der Waals surface area contributed by atoms with Crippen molar-refractivity contribution in [3.05, 3.63) is 10.4 Å². The molecule has 0 spiro atoms. The molecule has 0 unspecified atom stereocenters. The zero-order valence-electron chi connectivity index (χ0n) is 8.42. The van der Waals surface area contributed by atoms with Crippen molar-refractivity contribution in [2.75, 3.05) is 0 Å². The van der Waals surface area contributed by atoms with Crippen LogP contribution < -0.4 is 5.73 Å². The highest BCUT2D eigenvalue weighted by molar-refractivity contribution is 5.74. The Bertz CT molecular complexity index is 235. The Balaban J connectivity index is 4.31. The first-order valence-electron chi connectivity index (χ1n) is 4.48. The van der Waals surface area contributed by atoms with Crippen molar-refractivity contribution >= 4 is 5.91 Å². The van der Waals surface area contributed by atoms with Gasteiger partial charge in [0.15, 0.2) is 0 Å². The van der Waals surface area contributed by atoms with E-state index in [1.54, 1.807) is 0 Å². The first kappa shape index (κ1) is 12.7. The molecule has 0 saturated heterocycles. The van der Waals surface area contributed by atoms with Crippen LogP contribution in [-0.2, 0) is 4.79 Å². The van der Waals surface area contributed by atoms with Crippen LogP contribution in [0.5, 0.6) is 0 Å². The molecule has 0 aliphatic rings. The summed E-state index contributed by atoms with van der Waals surface area (Å²) in [6, 6.07) is -0.576. The SMILES string of the molecule is CC(C)C[C@H](N=[N+]=[N-])[C@@H](O)CC(N)=O. The number of nitrogens with two attached hydrogens (primary N) is 1. The van der Waals surface area contributed by atoms with E-state index in [1.165, 1.54) is 0 Å². The zero-order valence-corrected chi connectivity index (χ0v) is 8.42. The summed E-state index contributed by atoms with van der Waals surface area (Å²) in [6.45, 7) is 3.88. The fourth-order valence-corrected chi connectivity index (χ4v) is 1.17. The standard InChI is InChI=1S/C8H16N4O2/c1-5(2)3-6(11-12-10)7(13)4-8(9)14/h5-7,13H,3-4H2,1-2H3,(H2,9,14)/t6-,7-/m0/s1. The number of carbonyl (C=O) groups is 1.